The standard InChI is InChI=1S/C14H20N2O4S/c1-15(21(2,18)19)13(12-6-4-3-5-7-12)14(17)16-8-10-20-11-9-16/h3-7,13H,8-11H2,1-2H3/t13-/m1/s1. The molecule has 2 rings (SSSR count). The molecule has 0 saturated carbocycles. The van der Waals surface area contributed by atoms with Gasteiger partial charge in [0.25, 0.3) is 0 Å². The average Bonchev–Trinajstić information content (AvgIpc) is 2.48. The summed E-state index contributed by atoms with van der Waals surface area (Å²) in [6.07, 6.45) is 1.11. The summed E-state index contributed by atoms with van der Waals surface area (Å²) in [6.45, 7) is 1.94. The summed E-state index contributed by atoms with van der Waals surface area (Å²) in [5.74, 6) is -0.211. The van der Waals surface area contributed by atoms with Crippen molar-refractivity contribution in [2.75, 3.05) is 39.6 Å². The molecule has 0 radical (unpaired) electrons. The van der Waals surface area contributed by atoms with E-state index in [0.29, 0.717) is 31.9 Å². The van der Waals surface area contributed by atoms with Crippen LogP contribution in [0.3, 0.4) is 0 Å². The fourth-order valence-electron chi connectivity index (χ4n) is 2.29. The smallest absolute Gasteiger partial charge is 0.245 e. The van der Waals surface area contributed by atoms with Gasteiger partial charge in [-0.2, -0.15) is 4.31 Å². The molecule has 0 aliphatic carbocycles. The molecule has 1 amide bonds. The number of sulfonamides is 1. The first kappa shape index (κ1) is 15.9. The van der Waals surface area contributed by atoms with Gasteiger partial charge in [0, 0.05) is 20.1 Å². The lowest BCUT2D eigenvalue weighted by Crippen LogP contribution is -2.47. The third-order valence-corrected chi connectivity index (χ3v) is 4.82. The largest absolute Gasteiger partial charge is 0.378 e. The highest BCUT2D eigenvalue weighted by Gasteiger charge is 2.34. The molecule has 6 nitrogen and oxygen atoms in total. The van der Waals surface area contributed by atoms with Gasteiger partial charge in [0.2, 0.25) is 15.9 Å². The third kappa shape index (κ3) is 3.81. The second-order valence-corrected chi connectivity index (χ2v) is 7.07. The molecule has 7 heteroatoms. The average molecular weight is 312 g/mol. The van der Waals surface area contributed by atoms with Crippen molar-refractivity contribution < 1.29 is 17.9 Å². The lowest BCUT2D eigenvalue weighted by Gasteiger charge is -2.33. The van der Waals surface area contributed by atoms with Crippen molar-refractivity contribution in [1.29, 1.82) is 0 Å². The molecule has 1 aromatic rings. The van der Waals surface area contributed by atoms with E-state index in [1.165, 1.54) is 7.05 Å². The molecule has 1 aliphatic rings. The van der Waals surface area contributed by atoms with Crippen molar-refractivity contribution in [2.45, 2.75) is 6.04 Å². The highest BCUT2D eigenvalue weighted by molar-refractivity contribution is 7.88. The van der Waals surface area contributed by atoms with Gasteiger partial charge in [-0.3, -0.25) is 4.79 Å². The maximum atomic E-state index is 12.8. The second kappa shape index (κ2) is 6.55. The van der Waals surface area contributed by atoms with Gasteiger partial charge >= 0.3 is 0 Å². The number of likely N-dealkylation sites (N-methyl/N-ethyl adjacent to an activating group) is 1. The molecule has 0 unspecified atom stereocenters. The normalized spacial score (nSPS) is 17.8. The predicted octanol–water partition coefficient (Wildman–Crippen LogP) is 0.478. The molecule has 1 fully saturated rings. The van der Waals surface area contributed by atoms with Gasteiger partial charge in [-0.05, 0) is 5.56 Å². The van der Waals surface area contributed by atoms with E-state index in [2.05, 4.69) is 0 Å². The maximum Gasteiger partial charge on any atom is 0.245 e. The van der Waals surface area contributed by atoms with E-state index in [1.54, 1.807) is 29.2 Å². The van der Waals surface area contributed by atoms with E-state index >= 15 is 0 Å². The Morgan fingerprint density at radius 1 is 1.24 bits per heavy atom. The molecule has 0 aromatic heterocycles. The van der Waals surface area contributed by atoms with Crippen LogP contribution in [0.4, 0.5) is 0 Å². The first-order chi connectivity index (χ1) is 9.91. The summed E-state index contributed by atoms with van der Waals surface area (Å²) in [7, 11) is -2.04. The molecule has 1 saturated heterocycles. The number of carbonyl (C=O) groups is 1. The summed E-state index contributed by atoms with van der Waals surface area (Å²) in [4.78, 5) is 14.4. The SMILES string of the molecule is CN([C@@H](C(=O)N1CCOCC1)c1ccccc1)S(C)(=O)=O. The number of rotatable bonds is 4. The van der Waals surface area contributed by atoms with Crippen molar-refractivity contribution >= 4 is 15.9 Å². The number of hydrogen-bond acceptors (Lipinski definition) is 4. The molecule has 1 aliphatic heterocycles. The third-order valence-electron chi connectivity index (χ3n) is 3.56. The molecule has 1 atom stereocenters. The van der Waals surface area contributed by atoms with E-state index < -0.39 is 16.1 Å². The van der Waals surface area contributed by atoms with Crippen LogP contribution in [0.5, 0.6) is 0 Å². The Morgan fingerprint density at radius 3 is 2.33 bits per heavy atom. The van der Waals surface area contributed by atoms with Crippen LogP contribution in [0.1, 0.15) is 11.6 Å². The molecule has 0 N–H and O–H groups in total. The minimum atomic E-state index is -3.48. The van der Waals surface area contributed by atoms with Crippen molar-refractivity contribution in [3.05, 3.63) is 35.9 Å². The molecule has 0 spiro atoms. The Hall–Kier alpha value is -1.44. The van der Waals surface area contributed by atoms with Gasteiger partial charge in [-0.1, -0.05) is 30.3 Å². The number of nitrogens with zero attached hydrogens (tertiary/aromatic N) is 2. The summed E-state index contributed by atoms with van der Waals surface area (Å²) in [6, 6.07) is 8.13. The molecular weight excluding hydrogens is 292 g/mol. The Labute approximate surface area is 125 Å². The second-order valence-electron chi connectivity index (χ2n) is 5.03. The molecule has 116 valence electrons. The molecule has 21 heavy (non-hydrogen) atoms. The molecule has 1 aromatic carbocycles. The Balaban J connectivity index is 2.34. The topological polar surface area (TPSA) is 66.9 Å². The van der Waals surface area contributed by atoms with Gasteiger partial charge in [0.15, 0.2) is 0 Å². The van der Waals surface area contributed by atoms with Crippen molar-refractivity contribution in [3.8, 4) is 0 Å². The van der Waals surface area contributed by atoms with Crippen LogP contribution in [0.25, 0.3) is 0 Å². The number of amides is 1. The maximum absolute atomic E-state index is 12.8. The predicted molar refractivity (Wildman–Crippen MR) is 79.2 cm³/mol. The first-order valence-corrected chi connectivity index (χ1v) is 8.60. The van der Waals surface area contributed by atoms with E-state index in [9.17, 15) is 13.2 Å². The van der Waals surface area contributed by atoms with Crippen LogP contribution in [0, 0.1) is 0 Å². The van der Waals surface area contributed by atoms with Gasteiger partial charge in [-0.25, -0.2) is 8.42 Å². The number of ether oxygens (including phenoxy) is 1. The van der Waals surface area contributed by atoms with E-state index in [0.717, 1.165) is 10.6 Å². The lowest BCUT2D eigenvalue weighted by atomic mass is 10.1. The van der Waals surface area contributed by atoms with Crippen LogP contribution in [0.15, 0.2) is 30.3 Å². The van der Waals surface area contributed by atoms with Gasteiger partial charge < -0.3 is 9.64 Å². The Kier molecular flexibility index (Phi) is 4.97. The molecular formula is C14H20N2O4S. The Bertz CT molecular complexity index is 582. The van der Waals surface area contributed by atoms with Crippen LogP contribution in [-0.2, 0) is 19.6 Å². The van der Waals surface area contributed by atoms with E-state index in [1.807, 2.05) is 6.07 Å². The van der Waals surface area contributed by atoms with Gasteiger partial charge in [0.05, 0.1) is 19.5 Å². The van der Waals surface area contributed by atoms with Gasteiger partial charge in [-0.15, -0.1) is 0 Å². The first-order valence-electron chi connectivity index (χ1n) is 6.76. The lowest BCUT2D eigenvalue weighted by molar-refractivity contribution is -0.139. The number of hydrogen-bond donors (Lipinski definition) is 0. The molecule has 1 heterocycles. The zero-order valence-electron chi connectivity index (χ0n) is 12.2. The van der Waals surface area contributed by atoms with Gasteiger partial charge in [0.1, 0.15) is 6.04 Å². The molecule has 0 bridgehead atoms. The summed E-state index contributed by atoms with van der Waals surface area (Å²) in [5.41, 5.74) is 0.668. The van der Waals surface area contributed by atoms with Crippen molar-refractivity contribution in [2.24, 2.45) is 0 Å². The van der Waals surface area contributed by atoms with Crippen LogP contribution >= 0.6 is 0 Å². The van der Waals surface area contributed by atoms with Crippen LogP contribution in [-0.4, -0.2) is 63.1 Å². The number of morpholine rings is 1. The fourth-order valence-corrected chi connectivity index (χ4v) is 2.89. The van der Waals surface area contributed by atoms with Crippen LogP contribution in [0.2, 0.25) is 0 Å². The zero-order chi connectivity index (χ0) is 15.5. The van der Waals surface area contributed by atoms with Crippen molar-refractivity contribution in [3.63, 3.8) is 0 Å². The van der Waals surface area contributed by atoms with E-state index in [-0.39, 0.29) is 5.91 Å². The minimum Gasteiger partial charge on any atom is -0.378 e. The van der Waals surface area contributed by atoms with E-state index in [4.69, 9.17) is 4.74 Å². The fraction of sp³-hybridized carbons (Fsp3) is 0.500. The number of benzene rings is 1. The Morgan fingerprint density at radius 2 is 1.81 bits per heavy atom. The highest BCUT2D eigenvalue weighted by Crippen LogP contribution is 2.24. The summed E-state index contributed by atoms with van der Waals surface area (Å²) in [5, 5.41) is 0. The highest BCUT2D eigenvalue weighted by atomic mass is 32.2. The quantitative estimate of drug-likeness (QED) is 0.811. The van der Waals surface area contributed by atoms with Crippen molar-refractivity contribution in [1.82, 2.24) is 9.21 Å². The number of carbonyl (C=O) groups excluding carboxylic acids is 1. The summed E-state index contributed by atoms with van der Waals surface area (Å²) >= 11 is 0. The summed E-state index contributed by atoms with van der Waals surface area (Å²) < 4.78 is 30.1. The zero-order valence-corrected chi connectivity index (χ0v) is 13.0. The minimum absolute atomic E-state index is 0.211. The monoisotopic (exact) mass is 312 g/mol. The van der Waals surface area contributed by atoms with Crippen LogP contribution < -0.4 is 0 Å².